The van der Waals surface area contributed by atoms with E-state index in [1.807, 2.05) is 54.6 Å². The van der Waals surface area contributed by atoms with Crippen LogP contribution in [0.5, 0.6) is 0 Å². The molecule has 0 amide bonds. The van der Waals surface area contributed by atoms with Gasteiger partial charge in [0.15, 0.2) is 0 Å². The number of hydrogen-bond acceptors (Lipinski definition) is 7. The smallest absolute Gasteiger partial charge is 0.312 e. The van der Waals surface area contributed by atoms with Crippen LogP contribution in [0.1, 0.15) is 30.5 Å². The number of benzene rings is 3. The van der Waals surface area contributed by atoms with Crippen LogP contribution in [-0.2, 0) is 19.9 Å². The molecule has 1 heterocycles. The lowest BCUT2D eigenvalue weighted by Gasteiger charge is -2.42. The van der Waals surface area contributed by atoms with Crippen LogP contribution in [-0.4, -0.2) is 51.6 Å². The first kappa shape index (κ1) is 29.1. The summed E-state index contributed by atoms with van der Waals surface area (Å²) in [4.78, 5) is 13.3. The molecule has 1 aliphatic rings. The molecule has 0 spiro atoms. The number of carbonyl (C=O) groups is 1. The Morgan fingerprint density at radius 1 is 0.763 bits per heavy atom. The predicted molar refractivity (Wildman–Crippen MR) is 162 cm³/mol. The van der Waals surface area contributed by atoms with Gasteiger partial charge in [-0.2, -0.15) is 0 Å². The Balaban J connectivity index is 1.84. The number of ether oxygens (including phenoxy) is 2. The lowest BCUT2D eigenvalue weighted by atomic mass is 9.79. The van der Waals surface area contributed by atoms with Crippen molar-refractivity contribution in [2.75, 3.05) is 25.4 Å². The first-order valence-corrected chi connectivity index (χ1v) is 16.3. The summed E-state index contributed by atoms with van der Waals surface area (Å²) in [7, 11) is 0. The summed E-state index contributed by atoms with van der Waals surface area (Å²) in [5.41, 5.74) is 0.807. The second-order valence-electron chi connectivity index (χ2n) is 9.94. The monoisotopic (exact) mass is 568 g/mol. The summed E-state index contributed by atoms with van der Waals surface area (Å²) in [6.07, 6.45) is 5.62. The average Bonchev–Trinajstić information content (AvgIpc) is 3.29. The van der Waals surface area contributed by atoms with Crippen molar-refractivity contribution in [2.45, 2.75) is 34.6 Å². The van der Waals surface area contributed by atoms with E-state index in [1.165, 1.54) is 0 Å². The maximum atomic E-state index is 13.3. The van der Waals surface area contributed by atoms with Gasteiger partial charge in [0.2, 0.25) is 0 Å². The largest absolute Gasteiger partial charge is 0.459 e. The first-order chi connectivity index (χ1) is 18.2. The Labute approximate surface area is 239 Å². The van der Waals surface area contributed by atoms with Crippen LogP contribution in [0.15, 0.2) is 91.0 Å². The summed E-state index contributed by atoms with van der Waals surface area (Å²) in [5.74, 6) is -1.33. The Morgan fingerprint density at radius 3 is 1.50 bits per heavy atom. The average molecular weight is 569 g/mol. The third-order valence-electron chi connectivity index (χ3n) is 7.31. The molecule has 3 atom stereocenters. The lowest BCUT2D eigenvalue weighted by molar-refractivity contribution is -0.152. The predicted octanol–water partition coefficient (Wildman–Crippen LogP) is 6.67. The molecule has 0 saturated carbocycles. The fourth-order valence-corrected chi connectivity index (χ4v) is 9.27. The summed E-state index contributed by atoms with van der Waals surface area (Å²) in [6.45, 7) is 3.57. The summed E-state index contributed by atoms with van der Waals surface area (Å²) in [5, 5.41) is 11.1. The molecule has 4 rings (SSSR count). The minimum Gasteiger partial charge on any atom is -0.459 e. The number of aliphatic hydroxyl groups is 1. The molecule has 0 bridgehead atoms. The second kappa shape index (κ2) is 12.1. The van der Waals surface area contributed by atoms with Crippen LogP contribution in [0, 0.1) is 11.8 Å². The van der Waals surface area contributed by atoms with Gasteiger partial charge in [-0.25, -0.2) is 0 Å². The van der Waals surface area contributed by atoms with Gasteiger partial charge in [0.25, 0.3) is 0 Å². The SMILES string of the molecule is CSC(SC)(SC)[C@H]1[C@H](C(C)(C)O)C(=O)O[C@@H]1COC(c1ccccc1)(c1ccccc1)c1ccccc1. The Bertz CT molecular complexity index is 1070. The van der Waals surface area contributed by atoms with Crippen LogP contribution in [0.3, 0.4) is 0 Å². The molecule has 1 fully saturated rings. The number of thioether (sulfide) groups is 3. The molecule has 4 nitrogen and oxygen atoms in total. The van der Waals surface area contributed by atoms with E-state index in [9.17, 15) is 9.90 Å². The maximum absolute atomic E-state index is 13.3. The van der Waals surface area contributed by atoms with Crippen molar-refractivity contribution in [3.63, 3.8) is 0 Å². The van der Waals surface area contributed by atoms with Crippen LogP contribution in [0.25, 0.3) is 0 Å². The van der Waals surface area contributed by atoms with Crippen molar-refractivity contribution in [1.82, 2.24) is 0 Å². The van der Waals surface area contributed by atoms with Gasteiger partial charge >= 0.3 is 5.97 Å². The number of esters is 1. The van der Waals surface area contributed by atoms with Crippen LogP contribution in [0.4, 0.5) is 0 Å². The van der Waals surface area contributed by atoms with Gasteiger partial charge in [-0.1, -0.05) is 91.0 Å². The van der Waals surface area contributed by atoms with E-state index in [2.05, 4.69) is 55.2 Å². The number of rotatable bonds is 11. The highest BCUT2D eigenvalue weighted by Gasteiger charge is 2.60. The normalized spacial score (nSPS) is 20.4. The molecule has 0 radical (unpaired) electrons. The molecule has 1 aliphatic heterocycles. The first-order valence-electron chi connectivity index (χ1n) is 12.6. The molecule has 0 aromatic heterocycles. The minimum atomic E-state index is -1.24. The van der Waals surface area contributed by atoms with E-state index in [-0.39, 0.29) is 18.5 Å². The standard InChI is InChI=1S/C31H36O4S3/c1-29(2,33)27-26(31(36-3,37-4)38-5)25(35-28(27)32)21-34-30(22-15-9-6-10-16-22,23-17-11-7-12-18-23)24-19-13-8-14-20-24/h6-20,25-27,33H,21H2,1-5H3/t25-,26-,27+/m1/s1. The molecular weight excluding hydrogens is 533 g/mol. The summed E-state index contributed by atoms with van der Waals surface area (Å²) >= 11 is 5.07. The highest BCUT2D eigenvalue weighted by atomic mass is 32.3. The zero-order chi connectivity index (χ0) is 27.4. The van der Waals surface area contributed by atoms with E-state index in [0.29, 0.717) is 0 Å². The van der Waals surface area contributed by atoms with Gasteiger partial charge < -0.3 is 14.6 Å². The minimum absolute atomic E-state index is 0.172. The van der Waals surface area contributed by atoms with Gasteiger partial charge in [0.05, 0.1) is 18.1 Å². The highest BCUT2D eigenvalue weighted by molar-refractivity contribution is 8.33. The molecule has 0 aliphatic carbocycles. The van der Waals surface area contributed by atoms with Gasteiger partial charge in [0, 0.05) is 5.92 Å². The summed E-state index contributed by atoms with van der Waals surface area (Å²) in [6, 6.07) is 30.5. The van der Waals surface area contributed by atoms with Crippen molar-refractivity contribution >= 4 is 41.3 Å². The van der Waals surface area contributed by atoms with E-state index in [1.54, 1.807) is 49.1 Å². The fourth-order valence-electron chi connectivity index (χ4n) is 5.59. The van der Waals surface area contributed by atoms with Crippen molar-refractivity contribution in [2.24, 2.45) is 11.8 Å². The maximum Gasteiger partial charge on any atom is 0.312 e. The van der Waals surface area contributed by atoms with E-state index in [0.717, 1.165) is 16.7 Å². The van der Waals surface area contributed by atoms with E-state index >= 15 is 0 Å². The zero-order valence-electron chi connectivity index (χ0n) is 22.5. The molecule has 3 aromatic carbocycles. The second-order valence-corrected chi connectivity index (χ2v) is 13.9. The Morgan fingerprint density at radius 2 is 1.16 bits per heavy atom. The number of cyclic esters (lactones) is 1. The molecule has 38 heavy (non-hydrogen) atoms. The van der Waals surface area contributed by atoms with Crippen molar-refractivity contribution in [3.05, 3.63) is 108 Å². The molecule has 1 saturated heterocycles. The molecule has 1 N–H and O–H groups in total. The van der Waals surface area contributed by atoms with Crippen molar-refractivity contribution < 1.29 is 19.4 Å². The topological polar surface area (TPSA) is 55.8 Å². The lowest BCUT2D eigenvalue weighted by Crippen LogP contribution is -2.48. The van der Waals surface area contributed by atoms with Crippen LogP contribution < -0.4 is 0 Å². The molecule has 0 unspecified atom stereocenters. The van der Waals surface area contributed by atoms with Crippen molar-refractivity contribution in [1.29, 1.82) is 0 Å². The van der Waals surface area contributed by atoms with Gasteiger partial charge in [-0.15, -0.1) is 35.3 Å². The highest BCUT2D eigenvalue weighted by Crippen LogP contribution is 2.57. The third-order valence-corrected chi connectivity index (χ3v) is 12.8. The Kier molecular flexibility index (Phi) is 9.26. The molecular formula is C31H36O4S3. The van der Waals surface area contributed by atoms with Gasteiger partial charge in [-0.3, -0.25) is 4.79 Å². The molecule has 3 aromatic rings. The fraction of sp³-hybridized carbons (Fsp3) is 0.387. The Hall–Kier alpha value is -1.90. The number of carbonyl (C=O) groups excluding carboxylic acids is 1. The quantitative estimate of drug-likeness (QED) is 0.158. The zero-order valence-corrected chi connectivity index (χ0v) is 24.9. The third kappa shape index (κ3) is 5.41. The van der Waals surface area contributed by atoms with Crippen molar-refractivity contribution in [3.8, 4) is 0 Å². The molecule has 202 valence electrons. The number of hydrogen-bond donors (Lipinski definition) is 1. The van der Waals surface area contributed by atoms with E-state index in [4.69, 9.17) is 9.47 Å². The van der Waals surface area contributed by atoms with Crippen LogP contribution in [0.2, 0.25) is 0 Å². The van der Waals surface area contributed by atoms with Gasteiger partial charge in [-0.05, 0) is 49.3 Å². The van der Waals surface area contributed by atoms with Gasteiger partial charge in [0.1, 0.15) is 15.1 Å². The van der Waals surface area contributed by atoms with Crippen LogP contribution >= 0.6 is 35.3 Å². The summed E-state index contributed by atoms with van der Waals surface area (Å²) < 4.78 is 12.7. The molecule has 7 heteroatoms. The van der Waals surface area contributed by atoms with E-state index < -0.39 is 26.6 Å².